The van der Waals surface area contributed by atoms with Crippen LogP contribution in [-0.2, 0) is 20.9 Å². The maximum absolute atomic E-state index is 13.3. The predicted molar refractivity (Wildman–Crippen MR) is 97.9 cm³/mol. The molecule has 1 spiro atoms. The lowest BCUT2D eigenvalue weighted by Crippen LogP contribution is -2.49. The summed E-state index contributed by atoms with van der Waals surface area (Å²) in [5.74, 6) is 0.202. The van der Waals surface area contributed by atoms with Gasteiger partial charge in [0.05, 0.1) is 16.7 Å². The van der Waals surface area contributed by atoms with Crippen LogP contribution in [0.4, 0.5) is 0 Å². The Bertz CT molecular complexity index is 758. The van der Waals surface area contributed by atoms with Crippen molar-refractivity contribution in [3.63, 3.8) is 0 Å². The van der Waals surface area contributed by atoms with E-state index >= 15 is 0 Å². The number of piperidine rings is 1. The van der Waals surface area contributed by atoms with Crippen LogP contribution in [0.1, 0.15) is 32.3 Å². The van der Waals surface area contributed by atoms with Crippen LogP contribution in [0.2, 0.25) is 0 Å². The van der Waals surface area contributed by atoms with Gasteiger partial charge in [-0.05, 0) is 37.8 Å². The van der Waals surface area contributed by atoms with Crippen molar-refractivity contribution in [2.24, 2.45) is 11.3 Å². The minimum Gasteiger partial charge on any atom is -0.456 e. The molecule has 0 saturated carbocycles. The monoisotopic (exact) mass is 354 g/mol. The topological polar surface area (TPSA) is 49.9 Å². The molecule has 2 atom stereocenters. The van der Waals surface area contributed by atoms with E-state index in [1.54, 1.807) is 6.92 Å². The minimum atomic E-state index is -0.292. The second-order valence-corrected chi connectivity index (χ2v) is 7.88. The fraction of sp³-hybridized carbons (Fsp3) is 0.524. The molecule has 0 bridgehead atoms. The highest BCUT2D eigenvalue weighted by atomic mass is 16.5. The zero-order valence-corrected chi connectivity index (χ0v) is 15.5. The fourth-order valence-corrected chi connectivity index (χ4v) is 4.73. The van der Waals surface area contributed by atoms with Crippen LogP contribution in [-0.4, -0.2) is 47.9 Å². The minimum absolute atomic E-state index is 0.192. The highest BCUT2D eigenvalue weighted by Crippen LogP contribution is 2.47. The number of hydrogen-bond donors (Lipinski definition) is 0. The van der Waals surface area contributed by atoms with Crippen LogP contribution in [0.5, 0.6) is 0 Å². The maximum atomic E-state index is 13.3. The lowest BCUT2D eigenvalue weighted by Gasteiger charge is -2.43. The molecule has 1 aromatic carbocycles. The third-order valence-electron chi connectivity index (χ3n) is 6.46. The molecule has 1 aromatic rings. The SMILES string of the molecule is CC1=C(N2CCC3(CCN(Cc4ccccc4)CC3C)C2=O)COC1=O. The molecule has 4 rings (SSSR count). The molecule has 1 amide bonds. The first kappa shape index (κ1) is 17.3. The largest absolute Gasteiger partial charge is 0.456 e. The van der Waals surface area contributed by atoms with Crippen molar-refractivity contribution in [3.8, 4) is 0 Å². The first-order valence-corrected chi connectivity index (χ1v) is 9.46. The van der Waals surface area contributed by atoms with Gasteiger partial charge in [-0.25, -0.2) is 4.79 Å². The van der Waals surface area contributed by atoms with Gasteiger partial charge in [0.25, 0.3) is 0 Å². The lowest BCUT2D eigenvalue weighted by molar-refractivity contribution is -0.141. The van der Waals surface area contributed by atoms with Gasteiger partial charge in [0.1, 0.15) is 6.61 Å². The van der Waals surface area contributed by atoms with E-state index in [0.717, 1.165) is 38.2 Å². The molecule has 2 saturated heterocycles. The summed E-state index contributed by atoms with van der Waals surface area (Å²) in [4.78, 5) is 29.3. The highest BCUT2D eigenvalue weighted by molar-refractivity contribution is 5.94. The van der Waals surface area contributed by atoms with E-state index in [2.05, 4.69) is 36.1 Å². The molecule has 138 valence electrons. The summed E-state index contributed by atoms with van der Waals surface area (Å²) in [7, 11) is 0. The molecule has 0 aromatic heterocycles. The van der Waals surface area contributed by atoms with E-state index in [-0.39, 0.29) is 23.9 Å². The number of carbonyl (C=O) groups is 2. The molecule has 3 heterocycles. The van der Waals surface area contributed by atoms with Crippen LogP contribution in [0.15, 0.2) is 41.6 Å². The van der Waals surface area contributed by atoms with Crippen molar-refractivity contribution in [1.82, 2.24) is 9.80 Å². The highest BCUT2D eigenvalue weighted by Gasteiger charge is 2.53. The fourth-order valence-electron chi connectivity index (χ4n) is 4.73. The van der Waals surface area contributed by atoms with Gasteiger partial charge in [-0.15, -0.1) is 0 Å². The third-order valence-corrected chi connectivity index (χ3v) is 6.46. The summed E-state index contributed by atoms with van der Waals surface area (Å²) >= 11 is 0. The van der Waals surface area contributed by atoms with Gasteiger partial charge >= 0.3 is 5.97 Å². The van der Waals surface area contributed by atoms with E-state index in [9.17, 15) is 9.59 Å². The average Bonchev–Trinajstić information content (AvgIpc) is 3.14. The average molecular weight is 354 g/mol. The number of amides is 1. The maximum Gasteiger partial charge on any atom is 0.336 e. The normalized spacial score (nSPS) is 29.8. The van der Waals surface area contributed by atoms with Crippen molar-refractivity contribution in [2.75, 3.05) is 26.2 Å². The Labute approximate surface area is 154 Å². The van der Waals surface area contributed by atoms with E-state index in [4.69, 9.17) is 4.74 Å². The van der Waals surface area contributed by atoms with Crippen LogP contribution >= 0.6 is 0 Å². The molecular weight excluding hydrogens is 328 g/mol. The summed E-state index contributed by atoms with van der Waals surface area (Å²) in [5.41, 5.74) is 2.39. The Balaban J connectivity index is 1.47. The Kier molecular flexibility index (Phi) is 4.35. The summed E-state index contributed by atoms with van der Waals surface area (Å²) in [6, 6.07) is 10.5. The molecule has 5 heteroatoms. The number of nitrogens with zero attached hydrogens (tertiary/aromatic N) is 2. The van der Waals surface area contributed by atoms with E-state index in [0.29, 0.717) is 18.0 Å². The number of hydrogen-bond acceptors (Lipinski definition) is 4. The first-order chi connectivity index (χ1) is 12.5. The van der Waals surface area contributed by atoms with Crippen molar-refractivity contribution in [1.29, 1.82) is 0 Å². The number of benzene rings is 1. The lowest BCUT2D eigenvalue weighted by atomic mass is 9.69. The van der Waals surface area contributed by atoms with Crippen LogP contribution in [0.25, 0.3) is 0 Å². The predicted octanol–water partition coefficient (Wildman–Crippen LogP) is 2.58. The van der Waals surface area contributed by atoms with E-state index < -0.39 is 0 Å². The van der Waals surface area contributed by atoms with Crippen LogP contribution in [0.3, 0.4) is 0 Å². The third kappa shape index (κ3) is 2.75. The molecule has 0 N–H and O–H groups in total. The molecule has 2 fully saturated rings. The van der Waals surface area contributed by atoms with Gasteiger partial charge in [-0.3, -0.25) is 9.69 Å². The van der Waals surface area contributed by atoms with Crippen molar-refractivity contribution in [3.05, 3.63) is 47.2 Å². The zero-order chi connectivity index (χ0) is 18.3. The van der Waals surface area contributed by atoms with Gasteiger partial charge < -0.3 is 9.64 Å². The van der Waals surface area contributed by atoms with Crippen LogP contribution < -0.4 is 0 Å². The Morgan fingerprint density at radius 1 is 1.15 bits per heavy atom. The molecule has 3 aliphatic rings. The second kappa shape index (κ2) is 6.54. The van der Waals surface area contributed by atoms with Gasteiger partial charge in [0.2, 0.25) is 5.91 Å². The first-order valence-electron chi connectivity index (χ1n) is 9.46. The number of ether oxygens (including phenoxy) is 1. The molecule has 0 aliphatic carbocycles. The van der Waals surface area contributed by atoms with Crippen molar-refractivity contribution < 1.29 is 14.3 Å². The van der Waals surface area contributed by atoms with Crippen LogP contribution in [0, 0.1) is 11.3 Å². The zero-order valence-electron chi connectivity index (χ0n) is 15.5. The molecule has 3 aliphatic heterocycles. The Morgan fingerprint density at radius 3 is 2.54 bits per heavy atom. The van der Waals surface area contributed by atoms with Crippen molar-refractivity contribution in [2.45, 2.75) is 33.2 Å². The van der Waals surface area contributed by atoms with Gasteiger partial charge in [0.15, 0.2) is 0 Å². The number of likely N-dealkylation sites (tertiary alicyclic amines) is 2. The summed E-state index contributed by atoms with van der Waals surface area (Å²) in [6.45, 7) is 7.71. The summed E-state index contributed by atoms with van der Waals surface area (Å²) in [6.07, 6.45) is 1.76. The number of cyclic esters (lactones) is 1. The quantitative estimate of drug-likeness (QED) is 0.783. The van der Waals surface area contributed by atoms with Gasteiger partial charge in [0, 0.05) is 19.6 Å². The second-order valence-electron chi connectivity index (χ2n) is 7.88. The Hall–Kier alpha value is -2.14. The summed E-state index contributed by atoms with van der Waals surface area (Å²) < 4.78 is 5.11. The Morgan fingerprint density at radius 2 is 1.88 bits per heavy atom. The van der Waals surface area contributed by atoms with Crippen molar-refractivity contribution >= 4 is 11.9 Å². The summed E-state index contributed by atoms with van der Waals surface area (Å²) in [5, 5.41) is 0. The van der Waals surface area contributed by atoms with Gasteiger partial charge in [-0.1, -0.05) is 37.3 Å². The number of rotatable bonds is 3. The van der Waals surface area contributed by atoms with E-state index in [1.807, 2.05) is 11.0 Å². The molecular formula is C21H26N2O3. The number of esters is 1. The van der Waals surface area contributed by atoms with E-state index in [1.165, 1.54) is 5.56 Å². The standard InChI is InChI=1S/C21H26N2O3/c1-15-12-22(13-17-6-4-3-5-7-17)10-8-21(15)9-11-23(20(21)25)18-14-26-19(24)16(18)2/h3-7,15H,8-14H2,1-2H3. The molecule has 0 radical (unpaired) electrons. The molecule has 26 heavy (non-hydrogen) atoms. The molecule has 2 unspecified atom stereocenters. The van der Waals surface area contributed by atoms with Gasteiger partial charge in [-0.2, -0.15) is 0 Å². The smallest absolute Gasteiger partial charge is 0.336 e. The number of carbonyl (C=O) groups excluding carboxylic acids is 2. The molecule has 5 nitrogen and oxygen atoms in total.